The summed E-state index contributed by atoms with van der Waals surface area (Å²) in [4.78, 5) is 0.135. The third kappa shape index (κ3) is 4.89. The highest BCUT2D eigenvalue weighted by Gasteiger charge is 2.20. The van der Waals surface area contributed by atoms with Gasteiger partial charge in [0, 0.05) is 32.2 Å². The minimum Gasteiger partial charge on any atom is -0.508 e. The van der Waals surface area contributed by atoms with Crippen molar-refractivity contribution in [3.05, 3.63) is 101 Å². The third-order valence-corrected chi connectivity index (χ3v) is 7.72. The van der Waals surface area contributed by atoms with Gasteiger partial charge >= 0.3 is 0 Å². The number of phenols is 1. The van der Waals surface area contributed by atoms with E-state index in [9.17, 15) is 13.5 Å². The van der Waals surface area contributed by atoms with E-state index in [1.165, 1.54) is 24.3 Å². The smallest absolute Gasteiger partial charge is 0.262 e. The van der Waals surface area contributed by atoms with Gasteiger partial charge in [-0.2, -0.15) is 0 Å². The van der Waals surface area contributed by atoms with Crippen LogP contribution in [0.25, 0.3) is 22.0 Å². The van der Waals surface area contributed by atoms with Crippen LogP contribution >= 0.6 is 15.9 Å². The molecule has 180 valence electrons. The van der Waals surface area contributed by atoms with Crippen molar-refractivity contribution < 1.29 is 13.5 Å². The molecule has 0 aliphatic heterocycles. The molecule has 0 aliphatic rings. The molecule has 0 saturated carbocycles. The van der Waals surface area contributed by atoms with E-state index in [0.717, 1.165) is 20.9 Å². The largest absolute Gasteiger partial charge is 0.508 e. The number of phenolic OH excluding ortho intramolecular Hbond substituents is 1. The number of fused-ring (bicyclic) bond motifs is 1. The monoisotopic (exact) mass is 560 g/mol. The number of nitrogens with zero attached hydrogens (tertiary/aromatic N) is 2. The number of aromatic nitrogens is 2. The zero-order valence-corrected chi connectivity index (χ0v) is 21.5. The van der Waals surface area contributed by atoms with Crippen LogP contribution in [0, 0.1) is 6.92 Å². The Bertz CT molecular complexity index is 1670. The van der Waals surface area contributed by atoms with Gasteiger partial charge in [-0.25, -0.2) is 8.42 Å². The minimum atomic E-state index is -3.89. The maximum absolute atomic E-state index is 13.2. The van der Waals surface area contributed by atoms with E-state index >= 15 is 0 Å². The lowest BCUT2D eigenvalue weighted by molar-refractivity contribution is 0.475. The van der Waals surface area contributed by atoms with Crippen LogP contribution in [-0.4, -0.2) is 23.7 Å². The molecule has 36 heavy (non-hydrogen) atoms. The highest BCUT2D eigenvalue weighted by Crippen LogP contribution is 2.33. The summed E-state index contributed by atoms with van der Waals surface area (Å²) in [6.07, 6.45) is 0. The van der Waals surface area contributed by atoms with Crippen LogP contribution in [0.2, 0.25) is 0 Å². The van der Waals surface area contributed by atoms with Gasteiger partial charge in [0.2, 0.25) is 0 Å². The maximum Gasteiger partial charge on any atom is 0.262 e. The molecule has 1 heterocycles. The fourth-order valence-corrected chi connectivity index (χ4v) is 5.45. The lowest BCUT2D eigenvalue weighted by Crippen LogP contribution is -2.14. The Labute approximate surface area is 217 Å². The van der Waals surface area contributed by atoms with Crippen molar-refractivity contribution in [3.63, 3.8) is 0 Å². The van der Waals surface area contributed by atoms with Gasteiger partial charge in [-0.15, -0.1) is 10.2 Å². The molecular formula is C27H21BrN4O3S. The minimum absolute atomic E-state index is 0.0552. The van der Waals surface area contributed by atoms with Crippen LogP contribution in [0.1, 0.15) is 5.56 Å². The average Bonchev–Trinajstić information content (AvgIpc) is 2.87. The number of rotatable bonds is 6. The molecule has 0 unspecified atom stereocenters. The van der Waals surface area contributed by atoms with Gasteiger partial charge in [0.05, 0.1) is 4.90 Å². The summed E-state index contributed by atoms with van der Waals surface area (Å²) in [6, 6.07) is 26.5. The molecular weight excluding hydrogens is 540 g/mol. The van der Waals surface area contributed by atoms with E-state index in [1.54, 1.807) is 19.1 Å². The first kappa shape index (κ1) is 23.8. The van der Waals surface area contributed by atoms with Gasteiger partial charge in [0.1, 0.15) is 11.4 Å². The molecule has 0 amide bonds. The Kier molecular flexibility index (Phi) is 6.34. The molecule has 0 fully saturated rings. The second kappa shape index (κ2) is 9.60. The first-order valence-electron chi connectivity index (χ1n) is 11.0. The van der Waals surface area contributed by atoms with Crippen molar-refractivity contribution in [1.82, 2.24) is 10.2 Å². The molecule has 4 aromatic carbocycles. The predicted octanol–water partition coefficient (Wildman–Crippen LogP) is 6.62. The zero-order chi connectivity index (χ0) is 25.3. The SMILES string of the molecule is Cc1ccc(-c2nnc(Nc3ccc(Br)cc3)c3ccccc23)cc1S(=O)(=O)Nc1ccc(O)cc1. The molecule has 9 heteroatoms. The predicted molar refractivity (Wildman–Crippen MR) is 146 cm³/mol. The van der Waals surface area contributed by atoms with Crippen molar-refractivity contribution in [2.24, 2.45) is 0 Å². The summed E-state index contributed by atoms with van der Waals surface area (Å²) in [5.41, 5.74) is 3.02. The van der Waals surface area contributed by atoms with Gasteiger partial charge in [-0.05, 0) is 67.1 Å². The summed E-state index contributed by atoms with van der Waals surface area (Å²) in [5, 5.41) is 23.4. The highest BCUT2D eigenvalue weighted by molar-refractivity contribution is 9.10. The van der Waals surface area contributed by atoms with Gasteiger partial charge in [-0.1, -0.05) is 52.3 Å². The van der Waals surface area contributed by atoms with Crippen LogP contribution in [0.3, 0.4) is 0 Å². The van der Waals surface area contributed by atoms with Gasteiger partial charge in [0.25, 0.3) is 10.0 Å². The Morgan fingerprint density at radius 3 is 2.19 bits per heavy atom. The van der Waals surface area contributed by atoms with E-state index < -0.39 is 10.0 Å². The van der Waals surface area contributed by atoms with Crippen molar-refractivity contribution in [2.75, 3.05) is 10.0 Å². The Morgan fingerprint density at radius 1 is 0.806 bits per heavy atom. The lowest BCUT2D eigenvalue weighted by atomic mass is 10.0. The number of halogens is 1. The van der Waals surface area contributed by atoms with Crippen molar-refractivity contribution in [3.8, 4) is 17.0 Å². The molecule has 7 nitrogen and oxygen atoms in total. The molecule has 0 saturated heterocycles. The number of nitrogens with one attached hydrogen (secondary N) is 2. The fraction of sp³-hybridized carbons (Fsp3) is 0.0370. The number of sulfonamides is 1. The number of aromatic hydroxyl groups is 1. The number of hydrogen-bond acceptors (Lipinski definition) is 6. The van der Waals surface area contributed by atoms with Crippen LogP contribution < -0.4 is 10.0 Å². The van der Waals surface area contributed by atoms with Crippen LogP contribution in [-0.2, 0) is 10.0 Å². The number of aryl methyl sites for hydroxylation is 1. The van der Waals surface area contributed by atoms with Gasteiger partial charge in [-0.3, -0.25) is 4.72 Å². The first-order valence-corrected chi connectivity index (χ1v) is 13.3. The summed E-state index contributed by atoms with van der Waals surface area (Å²) >= 11 is 3.44. The zero-order valence-electron chi connectivity index (χ0n) is 19.1. The molecule has 5 aromatic rings. The van der Waals surface area contributed by atoms with E-state index in [0.29, 0.717) is 28.3 Å². The molecule has 0 spiro atoms. The molecule has 3 N–H and O–H groups in total. The summed E-state index contributed by atoms with van der Waals surface area (Å²) < 4.78 is 30.0. The normalized spacial score (nSPS) is 11.4. The van der Waals surface area contributed by atoms with Crippen LogP contribution in [0.5, 0.6) is 5.75 Å². The van der Waals surface area contributed by atoms with Crippen molar-refractivity contribution >= 4 is 53.9 Å². The number of hydrogen-bond donors (Lipinski definition) is 3. The molecule has 0 aliphatic carbocycles. The van der Waals surface area contributed by atoms with E-state index in [1.807, 2.05) is 54.6 Å². The summed E-state index contributed by atoms with van der Waals surface area (Å²) in [7, 11) is -3.89. The Morgan fingerprint density at radius 2 is 1.47 bits per heavy atom. The standard InChI is InChI=1S/C27H21BrN4O3S/c1-17-6-7-18(16-25(17)36(34,35)32-21-12-14-22(33)15-13-21)26-23-4-2-3-5-24(23)27(31-30-26)29-20-10-8-19(28)9-11-20/h2-16,32-33H,1H3,(H,29,31). The maximum atomic E-state index is 13.2. The van der Waals surface area contributed by atoms with E-state index in [2.05, 4.69) is 36.2 Å². The second-order valence-electron chi connectivity index (χ2n) is 8.21. The van der Waals surface area contributed by atoms with Crippen LogP contribution in [0.15, 0.2) is 100 Å². The topological polar surface area (TPSA) is 104 Å². The van der Waals surface area contributed by atoms with Gasteiger partial charge in [0.15, 0.2) is 5.82 Å². The molecule has 1 aromatic heterocycles. The van der Waals surface area contributed by atoms with Crippen molar-refractivity contribution in [1.29, 1.82) is 0 Å². The quantitative estimate of drug-likeness (QED) is 0.202. The Balaban J connectivity index is 1.55. The third-order valence-electron chi connectivity index (χ3n) is 5.66. The van der Waals surface area contributed by atoms with Gasteiger partial charge < -0.3 is 10.4 Å². The molecule has 0 radical (unpaired) electrons. The van der Waals surface area contributed by atoms with Crippen molar-refractivity contribution in [2.45, 2.75) is 11.8 Å². The summed E-state index contributed by atoms with van der Waals surface area (Å²) in [5.74, 6) is 0.658. The lowest BCUT2D eigenvalue weighted by Gasteiger charge is -2.14. The molecule has 5 rings (SSSR count). The second-order valence-corrected chi connectivity index (χ2v) is 10.8. The Hall–Kier alpha value is -3.95. The van der Waals surface area contributed by atoms with Crippen LogP contribution in [0.4, 0.5) is 17.2 Å². The average molecular weight is 561 g/mol. The first-order chi connectivity index (χ1) is 17.3. The number of anilines is 3. The molecule has 0 bridgehead atoms. The number of benzene rings is 4. The van der Waals surface area contributed by atoms with E-state index in [-0.39, 0.29) is 10.6 Å². The fourth-order valence-electron chi connectivity index (χ4n) is 3.86. The van der Waals surface area contributed by atoms with E-state index in [4.69, 9.17) is 0 Å². The summed E-state index contributed by atoms with van der Waals surface area (Å²) in [6.45, 7) is 1.74. The molecule has 0 atom stereocenters. The highest BCUT2D eigenvalue weighted by atomic mass is 79.9.